The highest BCUT2D eigenvalue weighted by Crippen LogP contribution is 2.60. The molecule has 1 saturated heterocycles. The molecule has 0 aromatic carbocycles. The first kappa shape index (κ1) is 59.4. The molecule has 3 heterocycles. The Balaban J connectivity index is 1.93. The number of nitrogens with two attached hydrogens (primary N) is 1. The minimum Gasteiger partial charge on any atom is -0.462 e. The lowest BCUT2D eigenvalue weighted by atomic mass is 9.82. The molecule has 23 heteroatoms. The zero-order valence-electron chi connectivity index (χ0n) is 39.7. The summed E-state index contributed by atoms with van der Waals surface area (Å²) >= 11 is 0. The molecule has 68 heavy (non-hydrogen) atoms. The molecule has 0 spiro atoms. The Labute approximate surface area is 399 Å². The maximum atomic E-state index is 13.3. The minimum absolute atomic E-state index is 0.000379. The smallest absolute Gasteiger partial charge is 0.462 e. The molecule has 3 rings (SSSR count). The molecule has 0 saturated carbocycles. The molecule has 390 valence electrons. The number of carbonyl (C=O) groups excluding carboxylic acids is 2. The number of aliphatic hydroxyl groups excluding tert-OH is 5. The van der Waals surface area contributed by atoms with E-state index >= 15 is 0 Å². The number of carbonyl (C=O) groups is 2. The summed E-state index contributed by atoms with van der Waals surface area (Å²) in [5, 5.41) is 57.4. The number of hydrogen-bond acceptors (Lipinski definition) is 18. The summed E-state index contributed by atoms with van der Waals surface area (Å²) in [6.07, 6.45) is 4.28. The molecule has 21 nitrogen and oxygen atoms in total. The van der Waals surface area contributed by atoms with Crippen LogP contribution in [0.4, 0.5) is 5.82 Å². The van der Waals surface area contributed by atoms with Gasteiger partial charge < -0.3 is 55.3 Å². The second kappa shape index (κ2) is 30.8. The average Bonchev–Trinajstić information content (AvgIpc) is 3.27. The number of phosphoric ester groups is 2. The Morgan fingerprint density at radius 3 is 2.29 bits per heavy atom. The molecule has 1 aromatic heterocycles. The SMILES string of the molecule is CCCCC[C@H](O)/C=C/[C@@H]1[C@H](O)[C@H](O)[C@H]2COP(=O)(O)OP(=O)(O)OC[C@H](OC(=O)CCCCCCCCC(C)CC)COC(=O)CCC/C=C\C[C@H]([C@H](n3ccc(N)nc3=O)O2)[C@@H](O)C[C@H]1O. The molecule has 2 aliphatic rings. The van der Waals surface area contributed by atoms with Crippen molar-refractivity contribution in [2.45, 2.75) is 185 Å². The fourth-order valence-electron chi connectivity index (χ4n) is 7.86. The number of aliphatic hydroxyl groups is 5. The standard InChI is InChI=1S/C45H77N3O18P2/c1-4-6-13-19-32(49)23-24-34-36(50)27-37(51)35-20-15-11-12-16-21-40(52)61-28-33(64-41(53)22-17-10-8-7-9-14-18-31(3)5-2)29-62-67(57,58)66-68(59,60)63-30-38(43(55)42(34)54)65-44(35)48-26-25-39(46)47-45(48)56/h11,15,23-26,31-38,42-44,49-51,54-55H,4-10,12-14,16-22,27-30H2,1-3H3,(H,57,58)(H,59,60)(H2,46,47,56)/b15-11-,24-23+/t31?,32-,33+,34-,35-,36+,37-,38+,42-,43+,44+/m0/s1. The van der Waals surface area contributed by atoms with E-state index in [9.17, 15) is 58.8 Å². The summed E-state index contributed by atoms with van der Waals surface area (Å²) in [5.74, 6) is -3.47. The van der Waals surface area contributed by atoms with Gasteiger partial charge in [-0.2, -0.15) is 9.29 Å². The van der Waals surface area contributed by atoms with E-state index in [1.54, 1.807) is 12.2 Å². The van der Waals surface area contributed by atoms with Gasteiger partial charge in [0.15, 0.2) is 6.10 Å². The molecule has 0 aliphatic carbocycles. The van der Waals surface area contributed by atoms with Gasteiger partial charge in [0.05, 0.1) is 37.6 Å². The van der Waals surface area contributed by atoms with Crippen LogP contribution in [0.5, 0.6) is 0 Å². The zero-order chi connectivity index (χ0) is 50.3. The van der Waals surface area contributed by atoms with Crippen molar-refractivity contribution in [1.82, 2.24) is 9.55 Å². The molecule has 0 radical (unpaired) electrons. The molecule has 1 aromatic rings. The van der Waals surface area contributed by atoms with Crippen LogP contribution in [0.3, 0.4) is 0 Å². The van der Waals surface area contributed by atoms with Crippen molar-refractivity contribution in [1.29, 1.82) is 0 Å². The van der Waals surface area contributed by atoms with Gasteiger partial charge in [-0.05, 0) is 44.1 Å². The highest BCUT2D eigenvalue weighted by Gasteiger charge is 2.45. The van der Waals surface area contributed by atoms with Crippen LogP contribution >= 0.6 is 15.6 Å². The number of allylic oxidation sites excluding steroid dienone is 2. The summed E-state index contributed by atoms with van der Waals surface area (Å²) in [6.45, 7) is 3.67. The number of fused-ring (bicyclic) bond motifs is 3. The van der Waals surface area contributed by atoms with Gasteiger partial charge >= 0.3 is 33.3 Å². The van der Waals surface area contributed by atoms with Gasteiger partial charge in [-0.25, -0.2) is 13.9 Å². The Hall–Kier alpha value is -2.88. The van der Waals surface area contributed by atoms with Crippen molar-refractivity contribution in [2.24, 2.45) is 17.8 Å². The van der Waals surface area contributed by atoms with Crippen molar-refractivity contribution in [3.63, 3.8) is 0 Å². The van der Waals surface area contributed by atoms with Gasteiger partial charge in [-0.1, -0.05) is 109 Å². The first-order chi connectivity index (χ1) is 32.3. The fraction of sp³-hybridized carbons (Fsp3) is 0.778. The summed E-state index contributed by atoms with van der Waals surface area (Å²) < 4.78 is 58.9. The van der Waals surface area contributed by atoms with Crippen LogP contribution in [0, 0.1) is 17.8 Å². The number of anilines is 1. The van der Waals surface area contributed by atoms with E-state index in [1.165, 1.54) is 30.8 Å². The van der Waals surface area contributed by atoms with Gasteiger partial charge in [0.25, 0.3) is 0 Å². The third-order valence-corrected chi connectivity index (χ3v) is 14.7. The number of esters is 2. The molecule has 2 bridgehead atoms. The molecule has 0 amide bonds. The van der Waals surface area contributed by atoms with E-state index in [0.29, 0.717) is 31.6 Å². The predicted molar refractivity (Wildman–Crippen MR) is 249 cm³/mol. The lowest BCUT2D eigenvalue weighted by Gasteiger charge is -2.40. The zero-order valence-corrected chi connectivity index (χ0v) is 41.4. The number of rotatable bonds is 18. The summed E-state index contributed by atoms with van der Waals surface area (Å²) in [7, 11) is -11.3. The quantitative estimate of drug-likeness (QED) is 0.0401. The van der Waals surface area contributed by atoms with E-state index < -0.39 is 120 Å². The molecule has 2 aliphatic heterocycles. The van der Waals surface area contributed by atoms with Crippen LogP contribution < -0.4 is 11.4 Å². The highest BCUT2D eigenvalue weighted by atomic mass is 31.3. The average molecular weight is 1010 g/mol. The lowest BCUT2D eigenvalue weighted by Crippen LogP contribution is -2.52. The number of nitrogen functional groups attached to an aromatic ring is 1. The summed E-state index contributed by atoms with van der Waals surface area (Å²) in [5.41, 5.74) is 4.77. The largest absolute Gasteiger partial charge is 0.481 e. The molecule has 1 fully saturated rings. The first-order valence-electron chi connectivity index (χ1n) is 24.0. The first-order valence-corrected chi connectivity index (χ1v) is 27.0. The van der Waals surface area contributed by atoms with Crippen molar-refractivity contribution >= 4 is 33.4 Å². The van der Waals surface area contributed by atoms with Crippen molar-refractivity contribution in [2.75, 3.05) is 25.6 Å². The van der Waals surface area contributed by atoms with Crippen LogP contribution in [0.25, 0.3) is 0 Å². The predicted octanol–water partition coefficient (Wildman–Crippen LogP) is 5.29. The second-order valence-electron chi connectivity index (χ2n) is 17.8. The van der Waals surface area contributed by atoms with E-state index in [2.05, 4.69) is 23.1 Å². The molecule has 13 atom stereocenters. The van der Waals surface area contributed by atoms with Crippen LogP contribution in [0.15, 0.2) is 41.4 Å². The van der Waals surface area contributed by atoms with Crippen molar-refractivity contribution < 1.29 is 81.6 Å². The van der Waals surface area contributed by atoms with E-state index in [1.807, 2.05) is 6.92 Å². The molecular weight excluding hydrogens is 932 g/mol. The number of cyclic esters (lactones) is 1. The number of ether oxygens (including phenoxy) is 3. The van der Waals surface area contributed by atoms with Crippen LogP contribution in [0.2, 0.25) is 0 Å². The van der Waals surface area contributed by atoms with Gasteiger partial charge in [0, 0.05) is 37.3 Å². The number of unbranched alkanes of at least 4 members (excludes halogenated alkanes) is 7. The van der Waals surface area contributed by atoms with E-state index in [0.717, 1.165) is 55.9 Å². The topological polar surface area (TPSA) is 326 Å². The Morgan fingerprint density at radius 2 is 1.60 bits per heavy atom. The Kier molecular flexibility index (Phi) is 26.9. The normalized spacial score (nSPS) is 32.4. The second-order valence-corrected chi connectivity index (χ2v) is 20.9. The molecule has 3 unspecified atom stereocenters. The third kappa shape index (κ3) is 22.0. The lowest BCUT2D eigenvalue weighted by molar-refractivity contribution is -0.194. The number of hydrogen-bond donors (Lipinski definition) is 8. The maximum absolute atomic E-state index is 13.3. The van der Waals surface area contributed by atoms with Gasteiger partial charge in [-0.3, -0.25) is 23.2 Å². The van der Waals surface area contributed by atoms with Crippen LogP contribution in [0.1, 0.15) is 143 Å². The Bertz CT molecular complexity index is 1870. The summed E-state index contributed by atoms with van der Waals surface area (Å²) in [6, 6.07) is 1.24. The van der Waals surface area contributed by atoms with Gasteiger partial charge in [-0.15, -0.1) is 0 Å². The van der Waals surface area contributed by atoms with E-state index in [4.69, 9.17) is 29.0 Å². The van der Waals surface area contributed by atoms with Gasteiger partial charge in [0.1, 0.15) is 30.9 Å². The highest BCUT2D eigenvalue weighted by molar-refractivity contribution is 7.61. The monoisotopic (exact) mass is 1010 g/mol. The fourth-order valence-corrected chi connectivity index (χ4v) is 9.97. The minimum atomic E-state index is -5.70. The number of phosphoric acid groups is 2. The maximum Gasteiger partial charge on any atom is 0.481 e. The molecular formula is C45H77N3O18P2. The van der Waals surface area contributed by atoms with E-state index in [-0.39, 0.29) is 31.5 Å². The number of nitrogens with zero attached hydrogens (tertiary/aromatic N) is 2. The third-order valence-electron chi connectivity index (χ3n) is 12.1. The summed E-state index contributed by atoms with van der Waals surface area (Å²) in [4.78, 5) is 64.0. The van der Waals surface area contributed by atoms with Crippen molar-refractivity contribution in [3.8, 4) is 0 Å². The van der Waals surface area contributed by atoms with Crippen LogP contribution in [-0.2, 0) is 46.3 Å². The van der Waals surface area contributed by atoms with Gasteiger partial charge in [0.2, 0.25) is 0 Å². The number of aromatic nitrogens is 2. The molecule has 9 N–H and O–H groups in total. The van der Waals surface area contributed by atoms with Crippen molar-refractivity contribution in [3.05, 3.63) is 47.1 Å². The Morgan fingerprint density at radius 1 is 0.926 bits per heavy atom. The van der Waals surface area contributed by atoms with Crippen LogP contribution in [-0.4, -0.2) is 119 Å².